The van der Waals surface area contributed by atoms with E-state index in [9.17, 15) is 4.79 Å². The number of fused-ring (bicyclic) bond motifs is 1. The van der Waals surface area contributed by atoms with Crippen LogP contribution in [0, 0.1) is 0 Å². The minimum atomic E-state index is -0.246. The lowest BCUT2D eigenvalue weighted by molar-refractivity contribution is 0.513. The van der Waals surface area contributed by atoms with Gasteiger partial charge >= 0.3 is 0 Å². The fourth-order valence-electron chi connectivity index (χ4n) is 2.21. The van der Waals surface area contributed by atoms with Gasteiger partial charge in [-0.25, -0.2) is 19.6 Å². The highest BCUT2D eigenvalue weighted by atomic mass is 16.1. The van der Waals surface area contributed by atoms with Crippen molar-refractivity contribution in [1.82, 2.24) is 29.3 Å². The molecule has 20 heavy (non-hydrogen) atoms. The smallest absolute Gasteiger partial charge is 0.280 e. The molecule has 0 saturated carbocycles. The van der Waals surface area contributed by atoms with E-state index in [1.165, 1.54) is 17.2 Å². The molecule has 0 aliphatic rings. The zero-order chi connectivity index (χ0) is 14.1. The van der Waals surface area contributed by atoms with E-state index < -0.39 is 0 Å². The lowest BCUT2D eigenvalue weighted by atomic mass is 10.3. The summed E-state index contributed by atoms with van der Waals surface area (Å²) in [6.45, 7) is 4.58. The Morgan fingerprint density at radius 3 is 2.95 bits per heavy atom. The normalized spacial score (nSPS) is 12.7. The van der Waals surface area contributed by atoms with Crippen LogP contribution in [0.3, 0.4) is 0 Å². The number of hydrogen-bond donors (Lipinski definition) is 0. The summed E-state index contributed by atoms with van der Waals surface area (Å²) < 4.78 is 3.30. The molecule has 0 fully saturated rings. The monoisotopic (exact) mass is 270 g/mol. The third-order valence-corrected chi connectivity index (χ3v) is 3.28. The van der Waals surface area contributed by atoms with Crippen molar-refractivity contribution in [2.75, 3.05) is 0 Å². The maximum absolute atomic E-state index is 12.5. The Balaban J connectivity index is 2.15. The average Bonchev–Trinajstić information content (AvgIpc) is 2.96. The molecule has 3 aromatic rings. The molecule has 0 N–H and O–H groups in total. The summed E-state index contributed by atoms with van der Waals surface area (Å²) in [4.78, 5) is 25.1. The van der Waals surface area contributed by atoms with E-state index in [0.29, 0.717) is 17.6 Å². The van der Waals surface area contributed by atoms with Crippen molar-refractivity contribution in [2.45, 2.75) is 26.4 Å². The Bertz CT molecular complexity index is 806. The van der Waals surface area contributed by atoms with Crippen LogP contribution in [0.5, 0.6) is 0 Å². The molecule has 0 aliphatic carbocycles. The highest BCUT2D eigenvalue weighted by Gasteiger charge is 2.17. The zero-order valence-electron chi connectivity index (χ0n) is 11.3. The van der Waals surface area contributed by atoms with Crippen LogP contribution in [0.1, 0.15) is 25.7 Å². The minimum Gasteiger partial charge on any atom is -0.287 e. The largest absolute Gasteiger partial charge is 0.287 e. The lowest BCUT2D eigenvalue weighted by Crippen LogP contribution is -2.27. The Kier molecular flexibility index (Phi) is 3.02. The van der Waals surface area contributed by atoms with Gasteiger partial charge in [-0.05, 0) is 26.0 Å². The third kappa shape index (κ3) is 1.87. The van der Waals surface area contributed by atoms with Crippen LogP contribution in [0.25, 0.3) is 11.0 Å². The summed E-state index contributed by atoms with van der Waals surface area (Å²) in [6.07, 6.45) is 4.62. The van der Waals surface area contributed by atoms with Crippen LogP contribution < -0.4 is 5.56 Å². The summed E-state index contributed by atoms with van der Waals surface area (Å²) in [7, 11) is 0. The average molecular weight is 270 g/mol. The Labute approximate surface area is 114 Å². The van der Waals surface area contributed by atoms with Crippen molar-refractivity contribution in [3.8, 4) is 0 Å². The van der Waals surface area contributed by atoms with Crippen LogP contribution in [0.4, 0.5) is 0 Å². The van der Waals surface area contributed by atoms with Crippen molar-refractivity contribution in [3.63, 3.8) is 0 Å². The number of pyridine rings is 1. The first kappa shape index (κ1) is 12.5. The first-order chi connectivity index (χ1) is 9.72. The van der Waals surface area contributed by atoms with Crippen molar-refractivity contribution in [2.24, 2.45) is 0 Å². The predicted octanol–water partition coefficient (Wildman–Crippen LogP) is 1.01. The van der Waals surface area contributed by atoms with Crippen molar-refractivity contribution in [1.29, 1.82) is 0 Å². The summed E-state index contributed by atoms with van der Waals surface area (Å²) >= 11 is 0. The molecule has 3 rings (SSSR count). The highest BCUT2D eigenvalue weighted by molar-refractivity contribution is 5.71. The van der Waals surface area contributed by atoms with Gasteiger partial charge in [0.15, 0.2) is 5.52 Å². The summed E-state index contributed by atoms with van der Waals surface area (Å²) in [5.41, 5.74) is 0.788. The Morgan fingerprint density at radius 2 is 2.15 bits per heavy atom. The van der Waals surface area contributed by atoms with Crippen LogP contribution in [0.2, 0.25) is 0 Å². The minimum absolute atomic E-state index is 0.172. The van der Waals surface area contributed by atoms with Gasteiger partial charge in [-0.1, -0.05) is 0 Å². The van der Waals surface area contributed by atoms with E-state index in [4.69, 9.17) is 0 Å². The molecule has 0 saturated heterocycles. The fourth-order valence-corrected chi connectivity index (χ4v) is 2.21. The molecule has 1 unspecified atom stereocenters. The quantitative estimate of drug-likeness (QED) is 0.709. The van der Waals surface area contributed by atoms with Gasteiger partial charge in [0, 0.05) is 12.7 Å². The van der Waals surface area contributed by atoms with Crippen molar-refractivity contribution >= 4 is 11.0 Å². The first-order valence-electron chi connectivity index (χ1n) is 6.42. The van der Waals surface area contributed by atoms with Crippen LogP contribution in [-0.4, -0.2) is 29.3 Å². The molecule has 0 bridgehead atoms. The Morgan fingerprint density at radius 1 is 1.30 bits per heavy atom. The van der Waals surface area contributed by atoms with Gasteiger partial charge in [-0.2, -0.15) is 5.10 Å². The fraction of sp³-hybridized carbons (Fsp3) is 0.308. The van der Waals surface area contributed by atoms with Crippen LogP contribution in [-0.2, 0) is 6.54 Å². The number of hydrogen-bond acceptors (Lipinski definition) is 5. The predicted molar refractivity (Wildman–Crippen MR) is 73.3 cm³/mol. The summed E-state index contributed by atoms with van der Waals surface area (Å²) in [5, 5.41) is 4.13. The summed E-state index contributed by atoms with van der Waals surface area (Å²) in [5.74, 6) is 0.728. The standard InChI is InChI=1S/C13H14N6O/c1-3-19-12(15-7-17-19)9(2)18-8-16-10-5-4-6-14-11(10)13(18)20/h4-9H,3H2,1-2H3. The van der Waals surface area contributed by atoms with Gasteiger partial charge in [0.1, 0.15) is 12.2 Å². The van der Waals surface area contributed by atoms with E-state index in [-0.39, 0.29) is 11.6 Å². The van der Waals surface area contributed by atoms with Crippen molar-refractivity contribution in [3.05, 3.63) is 47.2 Å². The molecule has 7 nitrogen and oxygen atoms in total. The molecule has 0 aliphatic heterocycles. The molecule has 102 valence electrons. The van der Waals surface area contributed by atoms with Crippen molar-refractivity contribution < 1.29 is 0 Å². The molecule has 0 radical (unpaired) electrons. The second-order valence-corrected chi connectivity index (χ2v) is 4.44. The van der Waals surface area contributed by atoms with E-state index in [2.05, 4.69) is 20.1 Å². The molecule has 0 amide bonds. The number of aromatic nitrogens is 6. The summed E-state index contributed by atoms with van der Waals surface area (Å²) in [6, 6.07) is 3.28. The third-order valence-electron chi connectivity index (χ3n) is 3.28. The van der Waals surface area contributed by atoms with Crippen LogP contribution in [0.15, 0.2) is 35.8 Å². The van der Waals surface area contributed by atoms with Crippen LogP contribution >= 0.6 is 0 Å². The van der Waals surface area contributed by atoms with E-state index in [0.717, 1.165) is 5.82 Å². The molecule has 0 aromatic carbocycles. The van der Waals surface area contributed by atoms with E-state index in [1.807, 2.05) is 13.8 Å². The van der Waals surface area contributed by atoms with Gasteiger partial charge in [0.25, 0.3) is 5.56 Å². The molecule has 3 heterocycles. The van der Waals surface area contributed by atoms with Gasteiger partial charge in [0.05, 0.1) is 17.9 Å². The van der Waals surface area contributed by atoms with Gasteiger partial charge in [-0.3, -0.25) is 9.36 Å². The molecular weight excluding hydrogens is 256 g/mol. The number of aryl methyl sites for hydroxylation is 1. The zero-order valence-corrected chi connectivity index (χ0v) is 11.3. The molecular formula is C13H14N6O. The molecule has 1 atom stereocenters. The van der Waals surface area contributed by atoms with E-state index in [1.54, 1.807) is 23.0 Å². The second kappa shape index (κ2) is 4.84. The maximum Gasteiger partial charge on any atom is 0.280 e. The second-order valence-electron chi connectivity index (χ2n) is 4.44. The SMILES string of the molecule is CCn1ncnc1C(C)n1cnc2cccnc2c1=O. The lowest BCUT2D eigenvalue weighted by Gasteiger charge is -2.14. The Hall–Kier alpha value is -2.57. The molecule has 0 spiro atoms. The van der Waals surface area contributed by atoms with Gasteiger partial charge in [-0.15, -0.1) is 0 Å². The topological polar surface area (TPSA) is 78.5 Å². The maximum atomic E-state index is 12.5. The number of rotatable bonds is 3. The van der Waals surface area contributed by atoms with Gasteiger partial charge in [0.2, 0.25) is 0 Å². The van der Waals surface area contributed by atoms with E-state index >= 15 is 0 Å². The number of nitrogens with zero attached hydrogens (tertiary/aromatic N) is 6. The first-order valence-corrected chi connectivity index (χ1v) is 6.42. The molecule has 3 aromatic heterocycles. The highest BCUT2D eigenvalue weighted by Crippen LogP contribution is 2.13. The molecule has 7 heteroatoms. The van der Waals surface area contributed by atoms with Gasteiger partial charge < -0.3 is 0 Å².